The molecule has 0 fully saturated rings. The van der Waals surface area contributed by atoms with Gasteiger partial charge in [0.15, 0.2) is 0 Å². The van der Waals surface area contributed by atoms with Crippen molar-refractivity contribution in [2.24, 2.45) is 0 Å². The molecule has 0 bridgehead atoms. The van der Waals surface area contributed by atoms with Crippen molar-refractivity contribution in [3.8, 4) is 17.2 Å². The van der Waals surface area contributed by atoms with Gasteiger partial charge in [0.05, 0.1) is 12.0 Å². The molecule has 2 rings (SSSR count). The lowest BCUT2D eigenvalue weighted by Gasteiger charge is -2.24. The smallest absolute Gasteiger partial charge is 0.414 e. The number of hydrogen-bond acceptors (Lipinski definition) is 6. The third-order valence-electron chi connectivity index (χ3n) is 3.47. The second-order valence-electron chi connectivity index (χ2n) is 6.72. The Balaban J connectivity index is 2.32. The number of anilines is 1. The average molecular weight is 374 g/mol. The van der Waals surface area contributed by atoms with Gasteiger partial charge in [0.2, 0.25) is 0 Å². The summed E-state index contributed by atoms with van der Waals surface area (Å²) in [5.74, 6) is 1.54. The summed E-state index contributed by atoms with van der Waals surface area (Å²) in [6.07, 6.45) is -0.702. The number of methoxy groups -OCH3 is 1. The quantitative estimate of drug-likeness (QED) is 0.553. The normalized spacial score (nSPS) is 10.9. The molecular formula is C19H22N2O6. The van der Waals surface area contributed by atoms with E-state index in [1.54, 1.807) is 52.1 Å². The van der Waals surface area contributed by atoms with E-state index < -0.39 is 16.6 Å². The summed E-state index contributed by atoms with van der Waals surface area (Å²) in [7, 11) is 2.97. The Kier molecular flexibility index (Phi) is 5.89. The van der Waals surface area contributed by atoms with Crippen molar-refractivity contribution in [1.82, 2.24) is 0 Å². The number of hydrogen-bond donors (Lipinski definition) is 0. The minimum Gasteiger partial charge on any atom is -0.497 e. The molecule has 0 aliphatic rings. The van der Waals surface area contributed by atoms with Gasteiger partial charge in [-0.1, -0.05) is 0 Å². The third kappa shape index (κ3) is 5.34. The van der Waals surface area contributed by atoms with Crippen molar-refractivity contribution in [3.63, 3.8) is 0 Å². The second-order valence-corrected chi connectivity index (χ2v) is 6.72. The van der Waals surface area contributed by atoms with Crippen LogP contribution in [0.1, 0.15) is 20.8 Å². The van der Waals surface area contributed by atoms with Crippen molar-refractivity contribution in [1.29, 1.82) is 0 Å². The molecule has 8 heteroatoms. The Morgan fingerprint density at radius 2 is 1.59 bits per heavy atom. The highest BCUT2D eigenvalue weighted by Crippen LogP contribution is 2.34. The standard InChI is InChI=1S/C19H22N2O6/c1-19(2,3)27-18(22)20(4)17-12-15(10-11-16(17)21(23)24)26-14-8-6-13(25-5)7-9-14/h6-12H,1-5H3. The molecule has 1 amide bonds. The van der Waals surface area contributed by atoms with Crippen molar-refractivity contribution in [2.75, 3.05) is 19.1 Å². The lowest BCUT2D eigenvalue weighted by molar-refractivity contribution is -0.384. The maximum absolute atomic E-state index is 12.3. The molecule has 0 N–H and O–H groups in total. The second kappa shape index (κ2) is 7.94. The molecule has 0 aliphatic carbocycles. The summed E-state index contributed by atoms with van der Waals surface area (Å²) in [6, 6.07) is 11.0. The summed E-state index contributed by atoms with van der Waals surface area (Å²) >= 11 is 0. The van der Waals surface area contributed by atoms with E-state index in [2.05, 4.69) is 0 Å². The maximum atomic E-state index is 12.3. The van der Waals surface area contributed by atoms with Crippen LogP contribution < -0.4 is 14.4 Å². The van der Waals surface area contributed by atoms with E-state index in [1.807, 2.05) is 0 Å². The lowest BCUT2D eigenvalue weighted by Crippen LogP contribution is -2.34. The minimum atomic E-state index is -0.725. The number of ether oxygens (including phenoxy) is 3. The number of carbonyl (C=O) groups excluding carboxylic acids is 1. The first-order valence-corrected chi connectivity index (χ1v) is 8.18. The highest BCUT2D eigenvalue weighted by molar-refractivity contribution is 5.90. The molecule has 0 aliphatic heterocycles. The largest absolute Gasteiger partial charge is 0.497 e. The van der Waals surface area contributed by atoms with Crippen LogP contribution in [0.5, 0.6) is 17.2 Å². The Labute approximate surface area is 157 Å². The van der Waals surface area contributed by atoms with E-state index in [4.69, 9.17) is 14.2 Å². The average Bonchev–Trinajstić information content (AvgIpc) is 2.60. The molecule has 0 unspecified atom stereocenters. The van der Waals surface area contributed by atoms with Gasteiger partial charge in [-0.15, -0.1) is 0 Å². The number of rotatable bonds is 5. The number of amides is 1. The molecule has 0 saturated carbocycles. The van der Waals surface area contributed by atoms with Crippen LogP contribution in [0.4, 0.5) is 16.2 Å². The van der Waals surface area contributed by atoms with Gasteiger partial charge < -0.3 is 14.2 Å². The van der Waals surface area contributed by atoms with Crippen LogP contribution in [0, 0.1) is 10.1 Å². The van der Waals surface area contributed by atoms with Crippen LogP contribution in [0.3, 0.4) is 0 Å². The topological polar surface area (TPSA) is 91.1 Å². The van der Waals surface area contributed by atoms with Crippen molar-refractivity contribution in [2.45, 2.75) is 26.4 Å². The molecule has 0 spiro atoms. The first kappa shape index (κ1) is 20.0. The Hall–Kier alpha value is -3.29. The third-order valence-corrected chi connectivity index (χ3v) is 3.47. The zero-order chi connectivity index (χ0) is 20.2. The van der Waals surface area contributed by atoms with Gasteiger partial charge in [-0.2, -0.15) is 0 Å². The lowest BCUT2D eigenvalue weighted by atomic mass is 10.2. The van der Waals surface area contributed by atoms with Gasteiger partial charge in [0.1, 0.15) is 28.5 Å². The zero-order valence-corrected chi connectivity index (χ0v) is 15.9. The zero-order valence-electron chi connectivity index (χ0n) is 15.9. The van der Waals surface area contributed by atoms with E-state index in [0.717, 1.165) is 4.90 Å². The van der Waals surface area contributed by atoms with Crippen molar-refractivity contribution in [3.05, 3.63) is 52.6 Å². The molecule has 8 nitrogen and oxygen atoms in total. The Morgan fingerprint density at radius 1 is 1.04 bits per heavy atom. The Morgan fingerprint density at radius 3 is 2.11 bits per heavy atom. The van der Waals surface area contributed by atoms with E-state index in [0.29, 0.717) is 17.2 Å². The van der Waals surface area contributed by atoms with Crippen molar-refractivity contribution >= 4 is 17.5 Å². The monoisotopic (exact) mass is 374 g/mol. The van der Waals surface area contributed by atoms with Crippen LogP contribution in [-0.4, -0.2) is 30.8 Å². The number of benzene rings is 2. The van der Waals surface area contributed by atoms with Crippen LogP contribution in [0.2, 0.25) is 0 Å². The fourth-order valence-corrected chi connectivity index (χ4v) is 2.20. The summed E-state index contributed by atoms with van der Waals surface area (Å²) in [4.78, 5) is 24.2. The van der Waals surface area contributed by atoms with E-state index in [1.165, 1.54) is 25.2 Å². The van der Waals surface area contributed by atoms with Gasteiger partial charge >= 0.3 is 6.09 Å². The first-order valence-electron chi connectivity index (χ1n) is 8.18. The minimum absolute atomic E-state index is 0.0697. The first-order chi connectivity index (χ1) is 12.6. The summed E-state index contributed by atoms with van der Waals surface area (Å²) in [5.41, 5.74) is -0.886. The molecule has 27 heavy (non-hydrogen) atoms. The van der Waals surface area contributed by atoms with Gasteiger partial charge in [-0.3, -0.25) is 15.0 Å². The highest BCUT2D eigenvalue weighted by atomic mass is 16.6. The van der Waals surface area contributed by atoms with E-state index in [-0.39, 0.29) is 11.4 Å². The molecule has 2 aromatic rings. The van der Waals surface area contributed by atoms with E-state index >= 15 is 0 Å². The fourth-order valence-electron chi connectivity index (χ4n) is 2.20. The predicted octanol–water partition coefficient (Wildman–Crippen LogP) is 4.77. The predicted molar refractivity (Wildman–Crippen MR) is 101 cm³/mol. The molecule has 2 aromatic carbocycles. The molecule has 0 saturated heterocycles. The maximum Gasteiger partial charge on any atom is 0.414 e. The van der Waals surface area contributed by atoms with Crippen LogP contribution in [0.15, 0.2) is 42.5 Å². The highest BCUT2D eigenvalue weighted by Gasteiger charge is 2.26. The fraction of sp³-hybridized carbons (Fsp3) is 0.316. The van der Waals surface area contributed by atoms with E-state index in [9.17, 15) is 14.9 Å². The summed E-state index contributed by atoms with van der Waals surface area (Å²) in [6.45, 7) is 5.16. The molecule has 0 aromatic heterocycles. The van der Waals surface area contributed by atoms with Crippen molar-refractivity contribution < 1.29 is 23.9 Å². The number of nitro benzene ring substituents is 1. The molecule has 144 valence electrons. The van der Waals surface area contributed by atoms with Gasteiger partial charge in [0.25, 0.3) is 5.69 Å². The molecule has 0 radical (unpaired) electrons. The van der Waals surface area contributed by atoms with Gasteiger partial charge in [-0.25, -0.2) is 4.79 Å². The van der Waals surface area contributed by atoms with Gasteiger partial charge in [-0.05, 0) is 51.1 Å². The van der Waals surface area contributed by atoms with Gasteiger partial charge in [0, 0.05) is 19.2 Å². The Bertz CT molecular complexity index is 827. The van der Waals surface area contributed by atoms with Crippen LogP contribution >= 0.6 is 0 Å². The summed E-state index contributed by atoms with van der Waals surface area (Å²) < 4.78 is 16.1. The number of nitro groups is 1. The molecule has 0 heterocycles. The SMILES string of the molecule is COc1ccc(Oc2ccc([N+](=O)[O-])c(N(C)C(=O)OC(C)(C)C)c2)cc1. The van der Waals surface area contributed by atoms with Crippen LogP contribution in [-0.2, 0) is 4.74 Å². The number of carbonyl (C=O) groups is 1. The van der Waals surface area contributed by atoms with Crippen LogP contribution in [0.25, 0.3) is 0 Å². The molecule has 0 atom stereocenters. The summed E-state index contributed by atoms with van der Waals surface area (Å²) in [5, 5.41) is 11.3. The number of nitrogens with zero attached hydrogens (tertiary/aromatic N) is 2. The molecular weight excluding hydrogens is 352 g/mol.